The molecule has 4 nitrogen and oxygen atoms in total. The number of rotatable bonds is 4. The standard InChI is InChI=1S/C12H17BrN2O2/c1-8-12(13)11(15(2)14-8)6-10(16)5-9-3-4-17-7-9/h9H,3-7H2,1-2H3. The van der Waals surface area contributed by atoms with Crippen molar-refractivity contribution in [2.24, 2.45) is 13.0 Å². The summed E-state index contributed by atoms with van der Waals surface area (Å²) in [6.45, 7) is 3.46. The van der Waals surface area contributed by atoms with Gasteiger partial charge in [0.1, 0.15) is 5.78 Å². The highest BCUT2D eigenvalue weighted by atomic mass is 79.9. The quantitative estimate of drug-likeness (QED) is 0.854. The van der Waals surface area contributed by atoms with Crippen molar-refractivity contribution in [1.82, 2.24) is 9.78 Å². The fourth-order valence-corrected chi connectivity index (χ4v) is 2.67. The lowest BCUT2D eigenvalue weighted by Gasteiger charge is -2.07. The molecule has 1 aromatic rings. The molecule has 0 bridgehead atoms. The predicted molar refractivity (Wildman–Crippen MR) is 67.9 cm³/mol. The molecular formula is C12H17BrN2O2. The number of carbonyl (C=O) groups excluding carboxylic acids is 1. The number of nitrogens with zero attached hydrogens (tertiary/aromatic N) is 2. The van der Waals surface area contributed by atoms with Crippen LogP contribution >= 0.6 is 15.9 Å². The van der Waals surface area contributed by atoms with Crippen LogP contribution in [0.15, 0.2) is 4.47 Å². The van der Waals surface area contributed by atoms with E-state index in [-0.39, 0.29) is 5.78 Å². The summed E-state index contributed by atoms with van der Waals surface area (Å²) < 4.78 is 8.02. The van der Waals surface area contributed by atoms with Gasteiger partial charge in [0.25, 0.3) is 0 Å². The lowest BCUT2D eigenvalue weighted by Crippen LogP contribution is -2.13. The van der Waals surface area contributed by atoms with E-state index in [2.05, 4.69) is 21.0 Å². The summed E-state index contributed by atoms with van der Waals surface area (Å²) in [6.07, 6.45) is 2.09. The van der Waals surface area contributed by atoms with E-state index in [1.54, 1.807) is 4.68 Å². The minimum atomic E-state index is 0.268. The van der Waals surface area contributed by atoms with Crippen LogP contribution in [0.3, 0.4) is 0 Å². The first-order valence-corrected chi connectivity index (χ1v) is 6.64. The Balaban J connectivity index is 1.97. The average Bonchev–Trinajstić information content (AvgIpc) is 2.83. The Hall–Kier alpha value is -0.680. The molecular weight excluding hydrogens is 284 g/mol. The van der Waals surface area contributed by atoms with Crippen LogP contribution in [-0.4, -0.2) is 28.8 Å². The highest BCUT2D eigenvalue weighted by molar-refractivity contribution is 9.10. The van der Waals surface area contributed by atoms with Crippen molar-refractivity contribution in [2.75, 3.05) is 13.2 Å². The smallest absolute Gasteiger partial charge is 0.139 e. The van der Waals surface area contributed by atoms with Gasteiger partial charge < -0.3 is 4.74 Å². The van der Waals surface area contributed by atoms with Crippen molar-refractivity contribution in [3.63, 3.8) is 0 Å². The molecule has 1 fully saturated rings. The molecule has 0 saturated carbocycles. The zero-order valence-corrected chi connectivity index (χ0v) is 11.8. The molecule has 0 spiro atoms. The number of hydrogen-bond donors (Lipinski definition) is 0. The third-order valence-electron chi connectivity index (χ3n) is 3.17. The number of hydrogen-bond acceptors (Lipinski definition) is 3. The minimum absolute atomic E-state index is 0.268. The third kappa shape index (κ3) is 2.96. The zero-order chi connectivity index (χ0) is 12.4. The molecule has 0 aliphatic carbocycles. The predicted octanol–water partition coefficient (Wildman–Crippen LogP) is 2.03. The summed E-state index contributed by atoms with van der Waals surface area (Å²) in [5, 5.41) is 4.29. The fourth-order valence-electron chi connectivity index (χ4n) is 2.20. The Bertz CT molecular complexity index is 422. The number of ether oxygens (including phenoxy) is 1. The van der Waals surface area contributed by atoms with Gasteiger partial charge in [-0.3, -0.25) is 9.48 Å². The molecule has 5 heteroatoms. The van der Waals surface area contributed by atoms with E-state index < -0.39 is 0 Å². The summed E-state index contributed by atoms with van der Waals surface area (Å²) in [4.78, 5) is 12.0. The first-order valence-electron chi connectivity index (χ1n) is 5.85. The van der Waals surface area contributed by atoms with Crippen LogP contribution in [-0.2, 0) is 23.0 Å². The maximum Gasteiger partial charge on any atom is 0.139 e. The number of ketones is 1. The van der Waals surface area contributed by atoms with E-state index in [1.165, 1.54) is 0 Å². The highest BCUT2D eigenvalue weighted by Gasteiger charge is 2.21. The zero-order valence-electron chi connectivity index (χ0n) is 10.2. The lowest BCUT2D eigenvalue weighted by molar-refractivity contribution is -0.119. The second-order valence-corrected chi connectivity index (χ2v) is 5.41. The molecule has 2 rings (SSSR count). The molecule has 2 heterocycles. The Morgan fingerprint density at radius 1 is 1.65 bits per heavy atom. The van der Waals surface area contributed by atoms with Gasteiger partial charge in [-0.1, -0.05) is 0 Å². The Morgan fingerprint density at radius 2 is 2.41 bits per heavy atom. The van der Waals surface area contributed by atoms with Crippen LogP contribution in [0.2, 0.25) is 0 Å². The van der Waals surface area contributed by atoms with Gasteiger partial charge in [0.15, 0.2) is 0 Å². The number of aryl methyl sites for hydroxylation is 2. The first-order chi connectivity index (χ1) is 8.08. The van der Waals surface area contributed by atoms with Crippen molar-refractivity contribution in [2.45, 2.75) is 26.2 Å². The molecule has 1 unspecified atom stereocenters. The second-order valence-electron chi connectivity index (χ2n) is 4.62. The van der Waals surface area contributed by atoms with Gasteiger partial charge in [-0.25, -0.2) is 0 Å². The molecule has 1 aliphatic heterocycles. The van der Waals surface area contributed by atoms with E-state index in [4.69, 9.17) is 4.74 Å². The molecule has 0 aromatic carbocycles. The molecule has 1 aromatic heterocycles. The van der Waals surface area contributed by atoms with Crippen molar-refractivity contribution in [3.05, 3.63) is 15.9 Å². The van der Waals surface area contributed by atoms with Crippen molar-refractivity contribution >= 4 is 21.7 Å². The largest absolute Gasteiger partial charge is 0.381 e. The molecule has 0 N–H and O–H groups in total. The number of aromatic nitrogens is 2. The second kappa shape index (κ2) is 5.31. The number of halogens is 1. The number of Topliss-reactive ketones (excluding diaryl/α,β-unsaturated/α-hetero) is 1. The van der Waals surface area contributed by atoms with Crippen LogP contribution in [0, 0.1) is 12.8 Å². The third-order valence-corrected chi connectivity index (χ3v) is 4.20. The van der Waals surface area contributed by atoms with E-state index in [0.29, 0.717) is 18.8 Å². The van der Waals surface area contributed by atoms with Gasteiger partial charge in [0.2, 0.25) is 0 Å². The maximum atomic E-state index is 12.0. The molecule has 0 radical (unpaired) electrons. The van der Waals surface area contributed by atoms with E-state index in [1.807, 2.05) is 14.0 Å². The minimum Gasteiger partial charge on any atom is -0.381 e. The van der Waals surface area contributed by atoms with Gasteiger partial charge in [0, 0.05) is 33.1 Å². The van der Waals surface area contributed by atoms with Crippen LogP contribution in [0.4, 0.5) is 0 Å². The van der Waals surface area contributed by atoms with Crippen LogP contribution in [0.25, 0.3) is 0 Å². The topological polar surface area (TPSA) is 44.1 Å². The first kappa shape index (κ1) is 12.8. The molecule has 1 atom stereocenters. The van der Waals surface area contributed by atoms with E-state index in [0.717, 1.165) is 35.5 Å². The Kier molecular flexibility index (Phi) is 3.99. The van der Waals surface area contributed by atoms with Gasteiger partial charge >= 0.3 is 0 Å². The summed E-state index contributed by atoms with van der Waals surface area (Å²) >= 11 is 3.48. The van der Waals surface area contributed by atoms with Gasteiger partial charge in [-0.2, -0.15) is 5.10 Å². The van der Waals surface area contributed by atoms with Crippen molar-refractivity contribution in [3.8, 4) is 0 Å². The Morgan fingerprint density at radius 3 is 2.94 bits per heavy atom. The van der Waals surface area contributed by atoms with Crippen molar-refractivity contribution < 1.29 is 9.53 Å². The molecule has 0 amide bonds. The van der Waals surface area contributed by atoms with Crippen LogP contribution in [0.1, 0.15) is 24.2 Å². The van der Waals surface area contributed by atoms with Gasteiger partial charge in [-0.15, -0.1) is 0 Å². The van der Waals surface area contributed by atoms with Gasteiger partial charge in [0.05, 0.1) is 15.9 Å². The molecule has 1 aliphatic rings. The maximum absolute atomic E-state index is 12.0. The summed E-state index contributed by atoms with van der Waals surface area (Å²) in [7, 11) is 1.87. The fraction of sp³-hybridized carbons (Fsp3) is 0.667. The molecule has 17 heavy (non-hydrogen) atoms. The van der Waals surface area contributed by atoms with Crippen molar-refractivity contribution in [1.29, 1.82) is 0 Å². The Labute approximate surface area is 109 Å². The number of carbonyl (C=O) groups is 1. The SMILES string of the molecule is Cc1nn(C)c(CC(=O)CC2CCOC2)c1Br. The van der Waals surface area contributed by atoms with Crippen LogP contribution in [0.5, 0.6) is 0 Å². The summed E-state index contributed by atoms with van der Waals surface area (Å²) in [5.74, 6) is 0.680. The van der Waals surface area contributed by atoms with E-state index >= 15 is 0 Å². The average molecular weight is 301 g/mol. The summed E-state index contributed by atoms with van der Waals surface area (Å²) in [5.41, 5.74) is 1.89. The van der Waals surface area contributed by atoms with Crippen LogP contribution < -0.4 is 0 Å². The molecule has 1 saturated heterocycles. The monoisotopic (exact) mass is 300 g/mol. The lowest BCUT2D eigenvalue weighted by atomic mass is 9.99. The molecule has 94 valence electrons. The normalized spacial score (nSPS) is 19.8. The van der Waals surface area contributed by atoms with Gasteiger partial charge in [-0.05, 0) is 35.2 Å². The highest BCUT2D eigenvalue weighted by Crippen LogP contribution is 2.23. The van der Waals surface area contributed by atoms with E-state index in [9.17, 15) is 4.79 Å². The summed E-state index contributed by atoms with van der Waals surface area (Å²) in [6, 6.07) is 0.